The molecule has 2 aliphatic carbocycles. The van der Waals surface area contributed by atoms with E-state index >= 15 is 0 Å². The Bertz CT molecular complexity index is 1210. The van der Waals surface area contributed by atoms with E-state index in [0.717, 1.165) is 49.6 Å². The molecule has 0 aliphatic heterocycles. The summed E-state index contributed by atoms with van der Waals surface area (Å²) >= 11 is 0. The summed E-state index contributed by atoms with van der Waals surface area (Å²) in [5.74, 6) is 1.34. The van der Waals surface area contributed by atoms with Crippen LogP contribution in [-0.4, -0.2) is 24.1 Å². The zero-order chi connectivity index (χ0) is 26.2. The van der Waals surface area contributed by atoms with Crippen LogP contribution in [0.2, 0.25) is 0 Å². The molecule has 2 aliphatic rings. The van der Waals surface area contributed by atoms with E-state index in [4.69, 9.17) is 9.47 Å². The smallest absolute Gasteiger partial charge is 0.356 e. The van der Waals surface area contributed by atoms with Gasteiger partial charge in [0.05, 0.1) is 6.61 Å². The van der Waals surface area contributed by atoms with Gasteiger partial charge in [-0.1, -0.05) is 67.8 Å². The van der Waals surface area contributed by atoms with E-state index in [9.17, 15) is 4.79 Å². The monoisotopic (exact) mass is 584 g/mol. The number of rotatable bonds is 10. The van der Waals surface area contributed by atoms with Crippen molar-refractivity contribution in [2.45, 2.75) is 83.3 Å². The molecule has 1 N–H and O–H groups in total. The molecule has 1 saturated carbocycles. The normalized spacial score (nSPS) is 16.7. The highest BCUT2D eigenvalue weighted by molar-refractivity contribution is 5.87. The maximum absolute atomic E-state index is 12.1. The second-order valence-electron chi connectivity index (χ2n) is 10.6. The zero-order valence-electron chi connectivity index (χ0n) is 23.4. The quantitative estimate of drug-likeness (QED) is 0.245. The number of hydrogen-bond acceptors (Lipinski definition) is 5. The number of aryl methyl sites for hydroxylation is 1. The molecule has 7 heteroatoms. The van der Waals surface area contributed by atoms with Crippen LogP contribution in [0.3, 0.4) is 0 Å². The number of hydrogen-bond donors (Lipinski definition) is 1. The Labute approximate surface area is 251 Å². The van der Waals surface area contributed by atoms with Crippen molar-refractivity contribution in [1.29, 1.82) is 0 Å². The number of esters is 1. The number of ether oxygens (including phenoxy) is 2. The summed E-state index contributed by atoms with van der Waals surface area (Å²) in [6.45, 7) is 3.61. The lowest BCUT2D eigenvalue weighted by molar-refractivity contribution is 0.0519. The van der Waals surface area contributed by atoms with Gasteiger partial charge in [0, 0.05) is 11.7 Å². The molecule has 1 unspecified atom stereocenters. The SMILES string of the molecule is CCOC(=O)c1ccc2c(n1)CCCC2NCCc1ccccc1OCc1ccc(C2CCCCC2)cc1.Cl.Cl. The van der Waals surface area contributed by atoms with Gasteiger partial charge < -0.3 is 14.8 Å². The Balaban J connectivity index is 0.00000220. The van der Waals surface area contributed by atoms with E-state index in [0.29, 0.717) is 18.9 Å². The van der Waals surface area contributed by atoms with Crippen LogP contribution in [0.5, 0.6) is 5.75 Å². The molecule has 5 rings (SSSR count). The number of nitrogens with zero attached hydrogens (tertiary/aromatic N) is 1. The Morgan fingerprint density at radius 3 is 2.48 bits per heavy atom. The van der Waals surface area contributed by atoms with Crippen molar-refractivity contribution in [3.8, 4) is 5.75 Å². The number of pyridine rings is 1. The molecule has 0 bridgehead atoms. The van der Waals surface area contributed by atoms with Crippen molar-refractivity contribution in [2.24, 2.45) is 0 Å². The predicted octanol–water partition coefficient (Wildman–Crippen LogP) is 7.94. The highest BCUT2D eigenvalue weighted by Gasteiger charge is 2.23. The number of carbonyl (C=O) groups excluding carboxylic acids is 1. The van der Waals surface area contributed by atoms with Crippen molar-refractivity contribution in [3.63, 3.8) is 0 Å². The van der Waals surface area contributed by atoms with Crippen LogP contribution < -0.4 is 10.1 Å². The summed E-state index contributed by atoms with van der Waals surface area (Å²) in [7, 11) is 0. The van der Waals surface area contributed by atoms with Crippen LogP contribution in [0.1, 0.15) is 102 Å². The van der Waals surface area contributed by atoms with E-state index in [2.05, 4.69) is 52.8 Å². The number of halogens is 2. The zero-order valence-corrected chi connectivity index (χ0v) is 25.0. The second kappa shape index (κ2) is 16.0. The highest BCUT2D eigenvalue weighted by Crippen LogP contribution is 2.33. The molecule has 5 nitrogen and oxygen atoms in total. The Morgan fingerprint density at radius 2 is 1.70 bits per heavy atom. The largest absolute Gasteiger partial charge is 0.489 e. The number of aromatic nitrogens is 1. The maximum atomic E-state index is 12.1. The summed E-state index contributed by atoms with van der Waals surface area (Å²) < 4.78 is 11.4. The topological polar surface area (TPSA) is 60.5 Å². The van der Waals surface area contributed by atoms with E-state index in [1.54, 1.807) is 6.07 Å². The van der Waals surface area contributed by atoms with Crippen molar-refractivity contribution in [1.82, 2.24) is 10.3 Å². The summed E-state index contributed by atoms with van der Waals surface area (Å²) in [6.07, 6.45) is 10.7. The van der Waals surface area contributed by atoms with Crippen molar-refractivity contribution in [3.05, 3.63) is 94.3 Å². The molecule has 2 aromatic carbocycles. The van der Waals surface area contributed by atoms with Gasteiger partial charge in [-0.15, -0.1) is 24.8 Å². The lowest BCUT2D eigenvalue weighted by Crippen LogP contribution is -2.28. The van der Waals surface area contributed by atoms with E-state index in [1.165, 1.54) is 54.4 Å². The average molecular weight is 586 g/mol. The molecule has 0 spiro atoms. The van der Waals surface area contributed by atoms with Gasteiger partial charge in [0.15, 0.2) is 0 Å². The van der Waals surface area contributed by atoms with Gasteiger partial charge in [-0.05, 0) is 92.3 Å². The Morgan fingerprint density at radius 1 is 0.925 bits per heavy atom. The molecular weight excluding hydrogens is 543 g/mol. The highest BCUT2D eigenvalue weighted by atomic mass is 35.5. The fourth-order valence-electron chi connectivity index (χ4n) is 5.90. The van der Waals surface area contributed by atoms with Crippen LogP contribution in [-0.2, 0) is 24.2 Å². The van der Waals surface area contributed by atoms with Gasteiger partial charge in [-0.2, -0.15) is 0 Å². The van der Waals surface area contributed by atoms with Gasteiger partial charge >= 0.3 is 5.97 Å². The van der Waals surface area contributed by atoms with Gasteiger partial charge in [0.2, 0.25) is 0 Å². The van der Waals surface area contributed by atoms with Crippen molar-refractivity contribution >= 4 is 30.8 Å². The van der Waals surface area contributed by atoms with Gasteiger partial charge in [-0.25, -0.2) is 9.78 Å². The predicted molar refractivity (Wildman–Crippen MR) is 165 cm³/mol. The summed E-state index contributed by atoms with van der Waals surface area (Å²) in [4.78, 5) is 16.7. The second-order valence-corrected chi connectivity index (χ2v) is 10.6. The minimum Gasteiger partial charge on any atom is -0.489 e. The first-order chi connectivity index (χ1) is 18.7. The minimum atomic E-state index is -0.345. The summed E-state index contributed by atoms with van der Waals surface area (Å²) in [6, 6.07) is 21.5. The van der Waals surface area contributed by atoms with Crippen molar-refractivity contribution < 1.29 is 14.3 Å². The molecular formula is C33H42Cl2N2O3. The Hall–Kier alpha value is -2.60. The van der Waals surface area contributed by atoms with E-state index < -0.39 is 0 Å². The molecule has 40 heavy (non-hydrogen) atoms. The van der Waals surface area contributed by atoms with Crippen molar-refractivity contribution in [2.75, 3.05) is 13.2 Å². The number of nitrogens with one attached hydrogen (secondary N) is 1. The first kappa shape index (κ1) is 31.9. The third-order valence-corrected chi connectivity index (χ3v) is 7.98. The fourth-order valence-corrected chi connectivity index (χ4v) is 5.90. The standard InChI is InChI=1S/C33H40N2O3.2ClH/c1-2-37-33(36)31-20-19-28-29(12-8-13-30(28)35-31)34-22-21-27-11-6-7-14-32(27)38-23-24-15-17-26(18-16-24)25-9-4-3-5-10-25;;/h6-7,11,14-20,25,29,34H,2-5,8-10,12-13,21-23H2,1H3;2*1H. The van der Waals surface area contributed by atoms with Gasteiger partial charge in [-0.3, -0.25) is 0 Å². The number of fused-ring (bicyclic) bond motifs is 1. The molecule has 3 aromatic rings. The van der Waals surface area contributed by atoms with Gasteiger partial charge in [0.25, 0.3) is 0 Å². The molecule has 0 radical (unpaired) electrons. The first-order valence-corrected chi connectivity index (χ1v) is 14.4. The van der Waals surface area contributed by atoms with Crippen LogP contribution >= 0.6 is 24.8 Å². The summed E-state index contributed by atoms with van der Waals surface area (Å²) in [5, 5.41) is 3.73. The number of benzene rings is 2. The fraction of sp³-hybridized carbons (Fsp3) is 0.455. The molecule has 1 fully saturated rings. The minimum absolute atomic E-state index is 0. The lowest BCUT2D eigenvalue weighted by atomic mass is 9.84. The van der Waals surface area contributed by atoms with Crippen LogP contribution in [0, 0.1) is 0 Å². The first-order valence-electron chi connectivity index (χ1n) is 14.4. The van der Waals surface area contributed by atoms with Crippen LogP contribution in [0.25, 0.3) is 0 Å². The molecule has 1 aromatic heterocycles. The number of carbonyl (C=O) groups is 1. The lowest BCUT2D eigenvalue weighted by Gasteiger charge is -2.26. The number of para-hydroxylation sites is 1. The molecule has 0 saturated heterocycles. The third-order valence-electron chi connectivity index (χ3n) is 7.98. The maximum Gasteiger partial charge on any atom is 0.356 e. The van der Waals surface area contributed by atoms with Crippen LogP contribution in [0.4, 0.5) is 0 Å². The molecule has 1 atom stereocenters. The average Bonchev–Trinajstić information content (AvgIpc) is 2.97. The molecule has 1 heterocycles. The van der Waals surface area contributed by atoms with E-state index in [-0.39, 0.29) is 36.8 Å². The van der Waals surface area contributed by atoms with E-state index in [1.807, 2.05) is 19.1 Å². The third kappa shape index (κ3) is 8.22. The van der Waals surface area contributed by atoms with Crippen LogP contribution in [0.15, 0.2) is 60.7 Å². The molecule has 0 amide bonds. The molecule has 216 valence electrons. The summed E-state index contributed by atoms with van der Waals surface area (Å²) in [5.41, 5.74) is 6.53. The Kier molecular flexibility index (Phi) is 12.8. The van der Waals surface area contributed by atoms with Gasteiger partial charge in [0.1, 0.15) is 18.1 Å².